The second-order valence-electron chi connectivity index (χ2n) is 5.29. The minimum Gasteiger partial charge on any atom is -0.316 e. The van der Waals surface area contributed by atoms with Gasteiger partial charge in [0.2, 0.25) is 0 Å². The molecule has 3 aromatic rings. The van der Waals surface area contributed by atoms with Crippen LogP contribution < -0.4 is 11.1 Å². The molecule has 3 rings (SSSR count). The second kappa shape index (κ2) is 6.27. The number of hydrogen-bond donors (Lipinski definition) is 2. The van der Waals surface area contributed by atoms with Gasteiger partial charge < -0.3 is 9.55 Å². The summed E-state index contributed by atoms with van der Waals surface area (Å²) < 4.78 is 37.0. The van der Waals surface area contributed by atoms with Crippen molar-refractivity contribution in [1.29, 1.82) is 0 Å². The third-order valence-corrected chi connectivity index (χ3v) is 4.09. The number of hydrogen-bond acceptors (Lipinski definition) is 6. The molecule has 11 heteroatoms. The first kappa shape index (κ1) is 17.1. The number of rotatable bonds is 5. The Morgan fingerprint density at radius 3 is 2.72 bits per heavy atom. The predicted molar refractivity (Wildman–Crippen MR) is 88.2 cm³/mol. The lowest BCUT2D eigenvalue weighted by Crippen LogP contribution is -2.37. The van der Waals surface area contributed by atoms with Gasteiger partial charge in [0.15, 0.2) is 0 Å². The van der Waals surface area contributed by atoms with Gasteiger partial charge in [-0.05, 0) is 24.6 Å². The van der Waals surface area contributed by atoms with E-state index in [2.05, 4.69) is 14.2 Å². The van der Waals surface area contributed by atoms with E-state index < -0.39 is 28.1 Å². The average Bonchev–Trinajstić information content (AvgIpc) is 3.04. The molecule has 0 atom stereocenters. The summed E-state index contributed by atoms with van der Waals surface area (Å²) in [7, 11) is -4.63. The van der Waals surface area contributed by atoms with Crippen LogP contribution in [-0.4, -0.2) is 38.7 Å². The Hall–Kier alpha value is -2.76. The molecule has 0 saturated carbocycles. The summed E-state index contributed by atoms with van der Waals surface area (Å²) in [6.07, 6.45) is 4.91. The van der Waals surface area contributed by atoms with E-state index in [9.17, 15) is 18.0 Å². The van der Waals surface area contributed by atoms with Crippen molar-refractivity contribution in [2.24, 2.45) is 0 Å². The van der Waals surface area contributed by atoms with Gasteiger partial charge in [-0.1, -0.05) is 0 Å². The zero-order valence-electron chi connectivity index (χ0n) is 13.0. The van der Waals surface area contributed by atoms with Gasteiger partial charge in [0.25, 0.3) is 0 Å². The van der Waals surface area contributed by atoms with E-state index >= 15 is 0 Å². The standard InChI is InChI=1S/C14H14N4O6S/c1-9-6-10-12(7-11(9)17-3-2-15-8-17)18(14(20)13(19)16-10)4-5-24-25(21,22)23/h2-3,6-8H,4-5H2,1H3,(H,16,19)(H,21,22,23). The zero-order chi connectivity index (χ0) is 18.2. The minimum atomic E-state index is -4.63. The lowest BCUT2D eigenvalue weighted by Gasteiger charge is -2.13. The van der Waals surface area contributed by atoms with Crippen molar-refractivity contribution in [2.45, 2.75) is 13.5 Å². The van der Waals surface area contributed by atoms with Gasteiger partial charge >= 0.3 is 21.5 Å². The number of nitrogens with one attached hydrogen (secondary N) is 1. The van der Waals surface area contributed by atoms with Gasteiger partial charge in [0.05, 0.1) is 36.2 Å². The van der Waals surface area contributed by atoms with E-state index in [1.165, 1.54) is 0 Å². The molecule has 132 valence electrons. The molecule has 0 spiro atoms. The van der Waals surface area contributed by atoms with Crippen LogP contribution in [0.3, 0.4) is 0 Å². The highest BCUT2D eigenvalue weighted by Crippen LogP contribution is 2.20. The van der Waals surface area contributed by atoms with E-state index in [0.29, 0.717) is 11.0 Å². The highest BCUT2D eigenvalue weighted by atomic mass is 32.3. The maximum absolute atomic E-state index is 12.2. The molecule has 2 N–H and O–H groups in total. The molecule has 1 aromatic carbocycles. The predicted octanol–water partition coefficient (Wildman–Crippen LogP) is 0.00332. The van der Waals surface area contributed by atoms with Crippen LogP contribution in [0.5, 0.6) is 0 Å². The van der Waals surface area contributed by atoms with Gasteiger partial charge in [-0.15, -0.1) is 0 Å². The highest BCUT2D eigenvalue weighted by molar-refractivity contribution is 7.80. The van der Waals surface area contributed by atoms with E-state index in [1.807, 2.05) is 6.92 Å². The summed E-state index contributed by atoms with van der Waals surface area (Å²) in [4.78, 5) is 30.4. The molecule has 0 aliphatic heterocycles. The first-order valence-electron chi connectivity index (χ1n) is 7.14. The maximum atomic E-state index is 12.2. The van der Waals surface area contributed by atoms with E-state index in [4.69, 9.17) is 4.55 Å². The molecule has 0 amide bonds. The Labute approximate surface area is 141 Å². The van der Waals surface area contributed by atoms with Gasteiger partial charge in [0.1, 0.15) is 0 Å². The van der Waals surface area contributed by atoms with E-state index in [-0.39, 0.29) is 6.54 Å². The van der Waals surface area contributed by atoms with Gasteiger partial charge in [0, 0.05) is 12.4 Å². The van der Waals surface area contributed by atoms with Gasteiger partial charge in [-0.2, -0.15) is 8.42 Å². The maximum Gasteiger partial charge on any atom is 0.397 e. The van der Waals surface area contributed by atoms with Crippen molar-refractivity contribution in [1.82, 2.24) is 19.1 Å². The molecular formula is C14H14N4O6S. The normalized spacial score (nSPS) is 11.9. The lowest BCUT2D eigenvalue weighted by atomic mass is 10.1. The van der Waals surface area contributed by atoms with E-state index in [1.54, 1.807) is 35.4 Å². The molecule has 2 aromatic heterocycles. The highest BCUT2D eigenvalue weighted by Gasteiger charge is 2.12. The fraction of sp³-hybridized carbons (Fsp3) is 0.214. The summed E-state index contributed by atoms with van der Waals surface area (Å²) in [5.74, 6) is 0. The Morgan fingerprint density at radius 1 is 1.32 bits per heavy atom. The topological polar surface area (TPSA) is 136 Å². The third-order valence-electron chi connectivity index (χ3n) is 3.62. The van der Waals surface area contributed by atoms with Crippen LogP contribution >= 0.6 is 0 Å². The fourth-order valence-electron chi connectivity index (χ4n) is 2.55. The Kier molecular flexibility index (Phi) is 4.29. The number of aromatic amines is 1. The molecule has 0 aliphatic rings. The monoisotopic (exact) mass is 366 g/mol. The van der Waals surface area contributed by atoms with Crippen molar-refractivity contribution in [3.8, 4) is 5.69 Å². The summed E-state index contributed by atoms with van der Waals surface area (Å²) in [6, 6.07) is 3.38. The van der Waals surface area contributed by atoms with Crippen LogP contribution in [0.4, 0.5) is 0 Å². The van der Waals surface area contributed by atoms with E-state index in [0.717, 1.165) is 15.8 Å². The first-order chi connectivity index (χ1) is 11.8. The van der Waals surface area contributed by atoms with Crippen LogP contribution in [0, 0.1) is 6.92 Å². The molecule has 2 heterocycles. The largest absolute Gasteiger partial charge is 0.397 e. The summed E-state index contributed by atoms with van der Waals surface area (Å²) >= 11 is 0. The summed E-state index contributed by atoms with van der Waals surface area (Å²) in [6.45, 7) is 1.11. The molecule has 0 bridgehead atoms. The molecule has 0 fully saturated rings. The Balaban J connectivity index is 2.16. The van der Waals surface area contributed by atoms with Gasteiger partial charge in [-0.3, -0.25) is 18.7 Å². The number of aryl methyl sites for hydroxylation is 1. The van der Waals surface area contributed by atoms with Crippen molar-refractivity contribution < 1.29 is 17.2 Å². The fourth-order valence-corrected chi connectivity index (χ4v) is 2.84. The molecule has 0 radical (unpaired) electrons. The van der Waals surface area contributed by atoms with Gasteiger partial charge in [-0.25, -0.2) is 9.17 Å². The minimum absolute atomic E-state index is 0.231. The van der Waals surface area contributed by atoms with Crippen LogP contribution in [0.25, 0.3) is 16.7 Å². The molecular weight excluding hydrogens is 352 g/mol. The summed E-state index contributed by atoms with van der Waals surface area (Å²) in [5.41, 5.74) is 0.679. The molecule has 25 heavy (non-hydrogen) atoms. The number of fused-ring (bicyclic) bond motifs is 1. The zero-order valence-corrected chi connectivity index (χ0v) is 13.9. The number of H-pyrrole nitrogens is 1. The average molecular weight is 366 g/mol. The van der Waals surface area contributed by atoms with Crippen LogP contribution in [-0.2, 0) is 21.1 Å². The van der Waals surface area contributed by atoms with Crippen LogP contribution in [0.2, 0.25) is 0 Å². The quantitative estimate of drug-likeness (QED) is 0.479. The molecule has 10 nitrogen and oxygen atoms in total. The SMILES string of the molecule is Cc1cc2[nH]c(=O)c(=O)n(CCOS(=O)(=O)O)c2cc1-n1ccnc1. The third kappa shape index (κ3) is 3.52. The molecule has 0 unspecified atom stereocenters. The number of aromatic nitrogens is 4. The Bertz CT molecular complexity index is 1140. The van der Waals surface area contributed by atoms with Crippen molar-refractivity contribution in [3.63, 3.8) is 0 Å². The smallest absolute Gasteiger partial charge is 0.316 e. The molecule has 0 saturated heterocycles. The summed E-state index contributed by atoms with van der Waals surface area (Å²) in [5, 5.41) is 0. The van der Waals surface area contributed by atoms with Crippen molar-refractivity contribution >= 4 is 21.4 Å². The van der Waals surface area contributed by atoms with Crippen LogP contribution in [0.1, 0.15) is 5.56 Å². The number of imidazole rings is 1. The number of benzene rings is 1. The van der Waals surface area contributed by atoms with Crippen LogP contribution in [0.15, 0.2) is 40.4 Å². The first-order valence-corrected chi connectivity index (χ1v) is 8.50. The number of nitrogens with zero attached hydrogens (tertiary/aromatic N) is 3. The second-order valence-corrected chi connectivity index (χ2v) is 6.38. The van der Waals surface area contributed by atoms with Crippen molar-refractivity contribution in [2.75, 3.05) is 6.61 Å². The molecule has 0 aliphatic carbocycles. The Morgan fingerprint density at radius 2 is 2.08 bits per heavy atom. The van der Waals surface area contributed by atoms with Crippen molar-refractivity contribution in [3.05, 3.63) is 57.1 Å². The lowest BCUT2D eigenvalue weighted by molar-refractivity contribution is 0.257.